The van der Waals surface area contributed by atoms with Gasteiger partial charge in [-0.2, -0.15) is 5.10 Å². The minimum atomic E-state index is 0.0862. The monoisotopic (exact) mass is 261 g/mol. The van der Waals surface area contributed by atoms with Crippen molar-refractivity contribution in [3.63, 3.8) is 0 Å². The van der Waals surface area contributed by atoms with Crippen molar-refractivity contribution >= 4 is 0 Å². The minimum absolute atomic E-state index is 0.0862. The van der Waals surface area contributed by atoms with Gasteiger partial charge < -0.3 is 5.32 Å². The molecule has 106 valence electrons. The lowest BCUT2D eigenvalue weighted by Gasteiger charge is -2.21. The van der Waals surface area contributed by atoms with E-state index >= 15 is 0 Å². The van der Waals surface area contributed by atoms with E-state index in [1.54, 1.807) is 0 Å². The van der Waals surface area contributed by atoms with Crippen LogP contribution in [0, 0.1) is 17.8 Å². The Morgan fingerprint density at radius 1 is 1.32 bits per heavy atom. The van der Waals surface area contributed by atoms with E-state index in [4.69, 9.17) is 0 Å². The van der Waals surface area contributed by atoms with Gasteiger partial charge in [0.05, 0.1) is 11.7 Å². The van der Waals surface area contributed by atoms with Crippen LogP contribution >= 0.6 is 0 Å². The average molecular weight is 261 g/mol. The van der Waals surface area contributed by atoms with E-state index in [1.807, 2.05) is 6.20 Å². The number of hydrogen-bond donors (Lipinski definition) is 1. The van der Waals surface area contributed by atoms with E-state index in [2.05, 4.69) is 42.1 Å². The van der Waals surface area contributed by atoms with Crippen LogP contribution in [-0.4, -0.2) is 16.3 Å². The fourth-order valence-corrected chi connectivity index (χ4v) is 3.85. The van der Waals surface area contributed by atoms with Gasteiger partial charge in [-0.1, -0.05) is 6.42 Å². The summed E-state index contributed by atoms with van der Waals surface area (Å²) >= 11 is 0. The van der Waals surface area contributed by atoms with Crippen molar-refractivity contribution < 1.29 is 0 Å². The van der Waals surface area contributed by atoms with E-state index in [0.29, 0.717) is 0 Å². The molecule has 0 aliphatic heterocycles. The molecule has 0 radical (unpaired) electrons. The minimum Gasteiger partial charge on any atom is -0.312 e. The first-order valence-electron chi connectivity index (χ1n) is 7.77. The predicted molar refractivity (Wildman–Crippen MR) is 77.9 cm³/mol. The van der Waals surface area contributed by atoms with Crippen LogP contribution in [0.5, 0.6) is 0 Å². The van der Waals surface area contributed by atoms with Crippen molar-refractivity contribution in [2.45, 2.75) is 58.5 Å². The van der Waals surface area contributed by atoms with Gasteiger partial charge in [-0.3, -0.25) is 4.68 Å². The van der Waals surface area contributed by atoms with Crippen molar-refractivity contribution in [2.75, 3.05) is 6.54 Å². The summed E-state index contributed by atoms with van der Waals surface area (Å²) in [6, 6.07) is 0. The zero-order valence-electron chi connectivity index (χ0n) is 12.5. The number of hydrogen-bond acceptors (Lipinski definition) is 2. The molecule has 1 aromatic rings. The number of nitrogens with one attached hydrogen (secondary N) is 1. The second kappa shape index (κ2) is 4.93. The Morgan fingerprint density at radius 3 is 2.74 bits per heavy atom. The maximum atomic E-state index is 4.45. The first kappa shape index (κ1) is 13.2. The molecule has 19 heavy (non-hydrogen) atoms. The first-order valence-corrected chi connectivity index (χ1v) is 7.77. The molecule has 1 aromatic heterocycles. The van der Waals surface area contributed by atoms with Crippen molar-refractivity contribution in [1.82, 2.24) is 15.1 Å². The highest BCUT2D eigenvalue weighted by Gasteiger charge is 2.38. The Hall–Kier alpha value is -0.830. The number of fused-ring (bicyclic) bond motifs is 2. The van der Waals surface area contributed by atoms with Crippen LogP contribution in [0.1, 0.15) is 52.0 Å². The second-order valence-electron chi connectivity index (χ2n) is 7.53. The van der Waals surface area contributed by atoms with Crippen LogP contribution in [0.3, 0.4) is 0 Å². The van der Waals surface area contributed by atoms with E-state index in [-0.39, 0.29) is 5.54 Å². The molecule has 2 aliphatic carbocycles. The molecule has 0 aromatic carbocycles. The van der Waals surface area contributed by atoms with Crippen LogP contribution in [0.4, 0.5) is 0 Å². The molecular weight excluding hydrogens is 234 g/mol. The highest BCUT2D eigenvalue weighted by molar-refractivity contribution is 5.05. The van der Waals surface area contributed by atoms with Crippen LogP contribution in [0.15, 0.2) is 12.4 Å². The predicted octanol–water partition coefficient (Wildman–Crippen LogP) is 3.16. The topological polar surface area (TPSA) is 29.9 Å². The molecule has 0 spiro atoms. The summed E-state index contributed by atoms with van der Waals surface area (Å²) in [6.45, 7) is 8.72. The maximum absolute atomic E-state index is 4.45. The smallest absolute Gasteiger partial charge is 0.0543 e. The molecular formula is C16H27N3. The Balaban J connectivity index is 1.46. The van der Waals surface area contributed by atoms with Crippen molar-refractivity contribution in [3.05, 3.63) is 18.0 Å². The molecule has 2 bridgehead atoms. The third kappa shape index (κ3) is 2.86. The van der Waals surface area contributed by atoms with Gasteiger partial charge >= 0.3 is 0 Å². The maximum Gasteiger partial charge on any atom is 0.0543 e. The number of nitrogens with zero attached hydrogens (tertiary/aromatic N) is 2. The van der Waals surface area contributed by atoms with Crippen LogP contribution in [-0.2, 0) is 12.1 Å². The van der Waals surface area contributed by atoms with Gasteiger partial charge in [0, 0.05) is 18.3 Å². The Bertz CT molecular complexity index is 429. The molecule has 2 saturated carbocycles. The van der Waals surface area contributed by atoms with Gasteiger partial charge in [0.1, 0.15) is 0 Å². The quantitative estimate of drug-likeness (QED) is 0.902. The lowest BCUT2D eigenvalue weighted by molar-refractivity contribution is 0.318. The average Bonchev–Trinajstić information content (AvgIpc) is 3.02. The van der Waals surface area contributed by atoms with E-state index in [0.717, 1.165) is 24.3 Å². The van der Waals surface area contributed by atoms with Crippen molar-refractivity contribution in [2.24, 2.45) is 17.8 Å². The van der Waals surface area contributed by atoms with Crippen LogP contribution in [0.25, 0.3) is 0 Å². The summed E-state index contributed by atoms with van der Waals surface area (Å²) in [5.41, 5.74) is 1.39. The third-order valence-corrected chi connectivity index (χ3v) is 4.94. The molecule has 3 rings (SSSR count). The molecule has 2 fully saturated rings. The summed E-state index contributed by atoms with van der Waals surface area (Å²) in [5.74, 6) is 3.02. The van der Waals surface area contributed by atoms with Crippen LogP contribution in [0.2, 0.25) is 0 Å². The number of aromatic nitrogens is 2. The zero-order chi connectivity index (χ0) is 13.5. The van der Waals surface area contributed by atoms with Crippen molar-refractivity contribution in [3.8, 4) is 0 Å². The zero-order valence-corrected chi connectivity index (χ0v) is 12.5. The van der Waals surface area contributed by atoms with Gasteiger partial charge in [-0.05, 0) is 64.3 Å². The summed E-state index contributed by atoms with van der Waals surface area (Å²) in [4.78, 5) is 0. The normalized spacial score (nSPS) is 30.2. The van der Waals surface area contributed by atoms with E-state index in [9.17, 15) is 0 Å². The second-order valence-corrected chi connectivity index (χ2v) is 7.53. The van der Waals surface area contributed by atoms with Crippen molar-refractivity contribution in [1.29, 1.82) is 0 Å². The largest absolute Gasteiger partial charge is 0.312 e. The SMILES string of the molecule is CC(C)(C)n1cc(CNCC2CC3CCC2C3)cn1. The van der Waals surface area contributed by atoms with Gasteiger partial charge in [-0.25, -0.2) is 0 Å². The number of rotatable bonds is 4. The molecule has 1 N–H and O–H groups in total. The molecule has 2 aliphatic rings. The molecule has 1 heterocycles. The van der Waals surface area contributed by atoms with Gasteiger partial charge in [0.15, 0.2) is 0 Å². The molecule has 3 unspecified atom stereocenters. The fraction of sp³-hybridized carbons (Fsp3) is 0.812. The summed E-state index contributed by atoms with van der Waals surface area (Å²) in [5, 5.41) is 8.09. The standard InChI is InChI=1S/C16H27N3/c1-16(2,3)19-11-13(9-18-19)8-17-10-15-7-12-4-5-14(15)6-12/h9,11-12,14-15,17H,4-8,10H2,1-3H3. The summed E-state index contributed by atoms with van der Waals surface area (Å²) in [7, 11) is 0. The molecule has 3 atom stereocenters. The molecule has 0 amide bonds. The lowest BCUT2D eigenvalue weighted by atomic mass is 9.89. The first-order chi connectivity index (χ1) is 9.02. The molecule has 3 nitrogen and oxygen atoms in total. The third-order valence-electron chi connectivity index (χ3n) is 4.94. The highest BCUT2D eigenvalue weighted by Crippen LogP contribution is 2.47. The van der Waals surface area contributed by atoms with E-state index < -0.39 is 0 Å². The summed E-state index contributed by atoms with van der Waals surface area (Å²) in [6.07, 6.45) is 10.1. The van der Waals surface area contributed by atoms with Gasteiger partial charge in [0.25, 0.3) is 0 Å². The fourth-order valence-electron chi connectivity index (χ4n) is 3.85. The Morgan fingerprint density at radius 2 is 2.16 bits per heavy atom. The lowest BCUT2D eigenvalue weighted by Crippen LogP contribution is -2.26. The summed E-state index contributed by atoms with van der Waals surface area (Å²) < 4.78 is 2.06. The Kier molecular flexibility index (Phi) is 3.42. The van der Waals surface area contributed by atoms with Crippen LogP contribution < -0.4 is 5.32 Å². The van der Waals surface area contributed by atoms with Gasteiger partial charge in [0.2, 0.25) is 0 Å². The molecule has 3 heteroatoms. The van der Waals surface area contributed by atoms with Gasteiger partial charge in [-0.15, -0.1) is 0 Å². The molecule has 0 saturated heterocycles. The Labute approximate surface area is 116 Å². The van der Waals surface area contributed by atoms with E-state index in [1.165, 1.54) is 37.8 Å². The highest BCUT2D eigenvalue weighted by atomic mass is 15.3.